The number of amides is 5. The molecule has 6 rings (SSSR count). The molecule has 0 bridgehead atoms. The Hall–Kier alpha value is -2.70. The standard InChI is InChI=1S/C37H59N5O7S/c1-5-13-25(29(43)32(45)38-23-15-16-23)39-31(44)28-27-24(35(27,2)3)22-42(28)33(46)30(36(4)17-8-6-9-18-36)40-34(47)41-37(19-10-7-11-20-37)26-14-12-21-50(26,48)49/h23-28,30H,5-22H2,1-4H3,(H,38,45)(H,39,44)(H2,40,41,47)/t24-,25+,26-,27-,28+,30-/m1/s1. The van der Waals surface area contributed by atoms with Crippen LogP contribution in [-0.2, 0) is 29.0 Å². The minimum Gasteiger partial charge on any atom is -0.347 e. The highest BCUT2D eigenvalue weighted by atomic mass is 32.2. The van der Waals surface area contributed by atoms with Crippen molar-refractivity contribution in [2.45, 2.75) is 165 Å². The van der Waals surface area contributed by atoms with E-state index in [4.69, 9.17) is 0 Å². The third kappa shape index (κ3) is 7.18. The van der Waals surface area contributed by atoms with Gasteiger partial charge in [0.1, 0.15) is 12.1 Å². The van der Waals surface area contributed by atoms with Gasteiger partial charge in [-0.1, -0.05) is 72.6 Å². The van der Waals surface area contributed by atoms with Crippen LogP contribution in [0.25, 0.3) is 0 Å². The van der Waals surface area contributed by atoms with Crippen molar-refractivity contribution in [3.63, 3.8) is 0 Å². The molecule has 5 amide bonds. The summed E-state index contributed by atoms with van der Waals surface area (Å²) < 4.78 is 26.3. The molecule has 2 saturated heterocycles. The third-order valence-electron chi connectivity index (χ3n) is 13.4. The highest BCUT2D eigenvalue weighted by molar-refractivity contribution is 7.92. The number of piperidine rings is 1. The molecule has 0 spiro atoms. The van der Waals surface area contributed by atoms with Gasteiger partial charge in [-0.2, -0.15) is 0 Å². The van der Waals surface area contributed by atoms with Crippen LogP contribution in [0, 0.1) is 22.7 Å². The van der Waals surface area contributed by atoms with Crippen LogP contribution in [0.2, 0.25) is 0 Å². The number of hydrogen-bond donors (Lipinski definition) is 4. The van der Waals surface area contributed by atoms with Gasteiger partial charge in [0.05, 0.1) is 22.6 Å². The first kappa shape index (κ1) is 37.1. The van der Waals surface area contributed by atoms with Crippen molar-refractivity contribution in [2.75, 3.05) is 12.3 Å². The number of rotatable bonds is 12. The quantitative estimate of drug-likeness (QED) is 0.224. The third-order valence-corrected chi connectivity index (χ3v) is 15.8. The lowest BCUT2D eigenvalue weighted by atomic mass is 9.70. The molecule has 2 aliphatic heterocycles. The molecule has 6 fully saturated rings. The molecule has 12 nitrogen and oxygen atoms in total. The predicted octanol–water partition coefficient (Wildman–Crippen LogP) is 3.52. The highest BCUT2D eigenvalue weighted by Crippen LogP contribution is 2.65. The predicted molar refractivity (Wildman–Crippen MR) is 189 cm³/mol. The first-order valence-electron chi connectivity index (χ1n) is 19.4. The van der Waals surface area contributed by atoms with E-state index >= 15 is 0 Å². The number of carbonyl (C=O) groups is 5. The Morgan fingerprint density at radius 1 is 0.840 bits per heavy atom. The summed E-state index contributed by atoms with van der Waals surface area (Å²) in [5, 5.41) is 11.2. The van der Waals surface area contributed by atoms with Gasteiger partial charge < -0.3 is 26.2 Å². The summed E-state index contributed by atoms with van der Waals surface area (Å²) in [6.45, 7) is 8.48. The van der Waals surface area contributed by atoms with Crippen molar-refractivity contribution in [1.29, 1.82) is 0 Å². The van der Waals surface area contributed by atoms with E-state index in [1.807, 2.05) is 13.8 Å². The Morgan fingerprint density at radius 3 is 2.06 bits per heavy atom. The van der Waals surface area contributed by atoms with Crippen LogP contribution in [0.1, 0.15) is 130 Å². The average molecular weight is 718 g/mol. The number of nitrogens with zero attached hydrogens (tertiary/aromatic N) is 1. The van der Waals surface area contributed by atoms with Crippen molar-refractivity contribution in [2.24, 2.45) is 22.7 Å². The molecule has 6 aliphatic rings. The van der Waals surface area contributed by atoms with E-state index in [9.17, 15) is 32.4 Å². The molecule has 0 aromatic rings. The lowest BCUT2D eigenvalue weighted by Gasteiger charge is -2.45. The minimum atomic E-state index is -3.35. The molecule has 4 aliphatic carbocycles. The van der Waals surface area contributed by atoms with Crippen molar-refractivity contribution < 1.29 is 32.4 Å². The zero-order valence-corrected chi connectivity index (χ0v) is 31.3. The molecular formula is C37H59N5O7S. The molecule has 0 aromatic carbocycles. The largest absolute Gasteiger partial charge is 0.347 e. The van der Waals surface area contributed by atoms with Gasteiger partial charge in [0.15, 0.2) is 9.84 Å². The molecule has 13 heteroatoms. The molecule has 0 radical (unpaired) electrons. The van der Waals surface area contributed by atoms with E-state index in [-0.39, 0.29) is 35.0 Å². The molecule has 50 heavy (non-hydrogen) atoms. The van der Waals surface area contributed by atoms with E-state index in [0.29, 0.717) is 45.1 Å². The van der Waals surface area contributed by atoms with E-state index in [1.165, 1.54) is 0 Å². The molecule has 0 unspecified atom stereocenters. The fourth-order valence-corrected chi connectivity index (χ4v) is 12.5. The number of carbonyl (C=O) groups excluding carboxylic acids is 5. The number of Topliss-reactive ketones (excluding diaryl/α,β-unsaturated/α-hetero) is 1. The number of sulfone groups is 1. The lowest BCUT2D eigenvalue weighted by molar-refractivity contribution is -0.146. The fourth-order valence-electron chi connectivity index (χ4n) is 10.1. The van der Waals surface area contributed by atoms with Crippen LogP contribution in [0.3, 0.4) is 0 Å². The van der Waals surface area contributed by atoms with Crippen molar-refractivity contribution in [1.82, 2.24) is 26.2 Å². The molecule has 2 heterocycles. The topological polar surface area (TPSA) is 171 Å². The number of hydrogen-bond acceptors (Lipinski definition) is 7. The Bertz CT molecular complexity index is 1460. The zero-order valence-electron chi connectivity index (χ0n) is 30.5. The maximum absolute atomic E-state index is 14.9. The van der Waals surface area contributed by atoms with Gasteiger partial charge in [-0.05, 0) is 80.5 Å². The van der Waals surface area contributed by atoms with Crippen molar-refractivity contribution in [3.8, 4) is 0 Å². The molecular weight excluding hydrogens is 659 g/mol. The van der Waals surface area contributed by atoms with Crippen LogP contribution in [0.4, 0.5) is 4.79 Å². The molecule has 280 valence electrons. The Labute approximate surface area is 297 Å². The highest BCUT2D eigenvalue weighted by Gasteiger charge is 2.70. The van der Waals surface area contributed by atoms with E-state index in [1.54, 1.807) is 4.90 Å². The molecule has 0 aromatic heterocycles. The monoisotopic (exact) mass is 717 g/mol. The maximum atomic E-state index is 14.9. The smallest absolute Gasteiger partial charge is 0.315 e. The Morgan fingerprint density at radius 2 is 1.48 bits per heavy atom. The summed E-state index contributed by atoms with van der Waals surface area (Å²) in [5.74, 6) is -1.99. The van der Waals surface area contributed by atoms with Gasteiger partial charge in [-0.3, -0.25) is 19.2 Å². The van der Waals surface area contributed by atoms with Crippen LogP contribution in [0.5, 0.6) is 0 Å². The summed E-state index contributed by atoms with van der Waals surface area (Å²) in [6.07, 6.45) is 11.9. The van der Waals surface area contributed by atoms with Gasteiger partial charge >= 0.3 is 6.03 Å². The van der Waals surface area contributed by atoms with Gasteiger partial charge in [-0.15, -0.1) is 0 Å². The van der Waals surface area contributed by atoms with Gasteiger partial charge in [-0.25, -0.2) is 13.2 Å². The SMILES string of the molecule is CCC[C@H](NC(=O)[C@@H]1[C@H]2[C@@H](CN1C(=O)[C@@H](NC(=O)NC1([C@H]3CCCS3(=O)=O)CCCCC1)C1(C)CCCCC1)C2(C)C)C(=O)C(=O)NC1CC1. The lowest BCUT2D eigenvalue weighted by Crippen LogP contribution is -2.66. The fraction of sp³-hybridized carbons (Fsp3) is 0.865. The summed E-state index contributed by atoms with van der Waals surface area (Å²) in [7, 11) is -3.35. The van der Waals surface area contributed by atoms with E-state index < -0.39 is 67.8 Å². The first-order valence-corrected chi connectivity index (χ1v) is 21.1. The molecule has 6 atom stereocenters. The zero-order chi connectivity index (χ0) is 36.1. The van der Waals surface area contributed by atoms with Crippen LogP contribution in [-0.4, -0.2) is 90.1 Å². The normalized spacial score (nSPS) is 31.4. The second-order valence-corrected chi connectivity index (χ2v) is 19.6. The second-order valence-electron chi connectivity index (χ2n) is 17.3. The van der Waals surface area contributed by atoms with Crippen LogP contribution < -0.4 is 21.3 Å². The number of ketones is 1. The van der Waals surface area contributed by atoms with Gasteiger partial charge in [0.2, 0.25) is 17.6 Å². The van der Waals surface area contributed by atoms with Gasteiger partial charge in [0, 0.05) is 12.6 Å². The molecule has 4 N–H and O–H groups in total. The minimum absolute atomic E-state index is 0.0127. The number of nitrogens with one attached hydrogen (secondary N) is 4. The van der Waals surface area contributed by atoms with E-state index in [0.717, 1.165) is 64.2 Å². The van der Waals surface area contributed by atoms with Crippen LogP contribution >= 0.6 is 0 Å². The summed E-state index contributed by atoms with van der Waals surface area (Å²) in [4.78, 5) is 70.7. The maximum Gasteiger partial charge on any atom is 0.315 e. The van der Waals surface area contributed by atoms with Gasteiger partial charge in [0.25, 0.3) is 5.91 Å². The first-order chi connectivity index (χ1) is 23.6. The van der Waals surface area contributed by atoms with Crippen molar-refractivity contribution in [3.05, 3.63) is 0 Å². The summed E-state index contributed by atoms with van der Waals surface area (Å²) in [5.41, 5.74) is -1.61. The second kappa shape index (κ2) is 14.0. The Kier molecular flexibility index (Phi) is 10.4. The summed E-state index contributed by atoms with van der Waals surface area (Å²) in [6, 6.07) is -3.26. The van der Waals surface area contributed by atoms with E-state index in [2.05, 4.69) is 35.1 Å². The number of urea groups is 1. The Balaban J connectivity index is 1.24. The average Bonchev–Trinajstić information content (AvgIpc) is 3.85. The number of likely N-dealkylation sites (tertiary alicyclic amines) is 1. The summed E-state index contributed by atoms with van der Waals surface area (Å²) >= 11 is 0. The molecule has 4 saturated carbocycles. The van der Waals surface area contributed by atoms with Crippen LogP contribution in [0.15, 0.2) is 0 Å². The van der Waals surface area contributed by atoms with Crippen molar-refractivity contribution >= 4 is 39.4 Å². The number of fused-ring (bicyclic) bond motifs is 1.